The molecule has 0 spiro atoms. The predicted octanol–water partition coefficient (Wildman–Crippen LogP) is -0.464. The minimum Gasteiger partial charge on any atom is -0.480 e. The van der Waals surface area contributed by atoms with Crippen LogP contribution in [0.25, 0.3) is 0 Å². The van der Waals surface area contributed by atoms with Crippen molar-refractivity contribution in [2.24, 2.45) is 5.73 Å². The molecule has 1 unspecified atom stereocenters. The number of nitrogens with zero attached hydrogens (tertiary/aromatic N) is 1. The summed E-state index contributed by atoms with van der Waals surface area (Å²) in [5.74, 6) is -2.23. The van der Waals surface area contributed by atoms with E-state index in [-0.39, 0.29) is 12.1 Å². The average Bonchev–Trinajstić information content (AvgIpc) is 2.31. The van der Waals surface area contributed by atoms with Gasteiger partial charge < -0.3 is 15.6 Å². The lowest BCUT2D eigenvalue weighted by molar-refractivity contribution is -0.159. The standard InChI is InChI=1S/C10H12N2O4/c1-16-9(15)10(6-11,8(13)14)7-2-4-12-5-3-7/h2-5H,6,11H2,1H3,(H,13,14). The molecule has 3 N–H and O–H groups in total. The minimum atomic E-state index is -1.86. The molecule has 0 aliphatic rings. The Morgan fingerprint density at radius 1 is 1.50 bits per heavy atom. The van der Waals surface area contributed by atoms with Gasteiger partial charge in [0, 0.05) is 18.9 Å². The Morgan fingerprint density at radius 2 is 2.06 bits per heavy atom. The molecule has 86 valence electrons. The lowest BCUT2D eigenvalue weighted by Gasteiger charge is -2.24. The van der Waals surface area contributed by atoms with Gasteiger partial charge in [0.15, 0.2) is 0 Å². The topological polar surface area (TPSA) is 103 Å². The fourth-order valence-corrected chi connectivity index (χ4v) is 1.43. The van der Waals surface area contributed by atoms with E-state index >= 15 is 0 Å². The summed E-state index contributed by atoms with van der Waals surface area (Å²) in [4.78, 5) is 26.6. The Kier molecular flexibility index (Phi) is 3.57. The molecule has 0 saturated heterocycles. The number of carboxylic acids is 1. The van der Waals surface area contributed by atoms with E-state index in [2.05, 4.69) is 9.72 Å². The summed E-state index contributed by atoms with van der Waals surface area (Å²) < 4.78 is 4.50. The van der Waals surface area contributed by atoms with Crippen molar-refractivity contribution in [2.75, 3.05) is 13.7 Å². The Balaban J connectivity index is 3.35. The maximum Gasteiger partial charge on any atom is 0.329 e. The zero-order valence-corrected chi connectivity index (χ0v) is 8.71. The molecule has 0 amide bonds. The molecule has 6 nitrogen and oxygen atoms in total. The zero-order chi connectivity index (χ0) is 12.2. The van der Waals surface area contributed by atoms with Gasteiger partial charge >= 0.3 is 11.9 Å². The van der Waals surface area contributed by atoms with Crippen molar-refractivity contribution in [1.82, 2.24) is 4.98 Å². The third-order valence-corrected chi connectivity index (χ3v) is 2.38. The van der Waals surface area contributed by atoms with Gasteiger partial charge in [-0.2, -0.15) is 0 Å². The van der Waals surface area contributed by atoms with E-state index < -0.39 is 17.4 Å². The van der Waals surface area contributed by atoms with Gasteiger partial charge in [0.25, 0.3) is 0 Å². The van der Waals surface area contributed by atoms with E-state index in [1.807, 2.05) is 0 Å². The van der Waals surface area contributed by atoms with Crippen LogP contribution in [0.15, 0.2) is 24.5 Å². The molecular weight excluding hydrogens is 212 g/mol. The second kappa shape index (κ2) is 4.71. The summed E-state index contributed by atoms with van der Waals surface area (Å²) in [5.41, 5.74) is 3.81. The third kappa shape index (κ3) is 1.74. The smallest absolute Gasteiger partial charge is 0.329 e. The molecule has 16 heavy (non-hydrogen) atoms. The third-order valence-electron chi connectivity index (χ3n) is 2.38. The molecule has 1 rings (SSSR count). The molecule has 0 bridgehead atoms. The lowest BCUT2D eigenvalue weighted by Crippen LogP contribution is -2.50. The highest BCUT2D eigenvalue weighted by atomic mass is 16.5. The van der Waals surface area contributed by atoms with E-state index in [4.69, 9.17) is 5.73 Å². The van der Waals surface area contributed by atoms with Crippen LogP contribution in [-0.2, 0) is 19.7 Å². The van der Waals surface area contributed by atoms with Gasteiger partial charge in [-0.25, -0.2) is 0 Å². The first-order valence-corrected chi connectivity index (χ1v) is 4.52. The van der Waals surface area contributed by atoms with E-state index in [1.165, 1.54) is 24.5 Å². The first-order chi connectivity index (χ1) is 7.59. The van der Waals surface area contributed by atoms with Crippen molar-refractivity contribution < 1.29 is 19.4 Å². The van der Waals surface area contributed by atoms with E-state index in [0.717, 1.165) is 7.11 Å². The summed E-state index contributed by atoms with van der Waals surface area (Å²) in [6.45, 7) is -0.376. The fraction of sp³-hybridized carbons (Fsp3) is 0.300. The summed E-state index contributed by atoms with van der Waals surface area (Å²) in [7, 11) is 1.12. The number of methoxy groups -OCH3 is 1. The Hall–Kier alpha value is -1.95. The van der Waals surface area contributed by atoms with E-state index in [1.54, 1.807) is 0 Å². The molecule has 0 saturated carbocycles. The van der Waals surface area contributed by atoms with Crippen LogP contribution in [0.3, 0.4) is 0 Å². The number of ether oxygens (including phenoxy) is 1. The first kappa shape index (κ1) is 12.1. The largest absolute Gasteiger partial charge is 0.480 e. The van der Waals surface area contributed by atoms with Crippen molar-refractivity contribution in [3.63, 3.8) is 0 Å². The highest BCUT2D eigenvalue weighted by Gasteiger charge is 2.48. The van der Waals surface area contributed by atoms with Crippen LogP contribution in [-0.4, -0.2) is 35.7 Å². The van der Waals surface area contributed by atoms with Gasteiger partial charge in [-0.05, 0) is 17.7 Å². The second-order valence-electron chi connectivity index (χ2n) is 3.14. The van der Waals surface area contributed by atoms with Gasteiger partial charge in [0.1, 0.15) is 0 Å². The van der Waals surface area contributed by atoms with Crippen LogP contribution in [0, 0.1) is 0 Å². The molecule has 0 aliphatic heterocycles. The van der Waals surface area contributed by atoms with Crippen LogP contribution in [0.1, 0.15) is 5.56 Å². The molecular formula is C10H12N2O4. The maximum atomic E-state index is 11.6. The van der Waals surface area contributed by atoms with Crippen molar-refractivity contribution in [3.05, 3.63) is 30.1 Å². The number of esters is 1. The summed E-state index contributed by atoms with van der Waals surface area (Å²) in [6.07, 6.45) is 2.79. The number of carboxylic acid groups (broad SMARTS) is 1. The van der Waals surface area contributed by atoms with Gasteiger partial charge in [0.05, 0.1) is 7.11 Å². The van der Waals surface area contributed by atoms with Gasteiger partial charge in [0.2, 0.25) is 5.41 Å². The summed E-state index contributed by atoms with van der Waals surface area (Å²) in [5, 5.41) is 9.18. The quantitative estimate of drug-likeness (QED) is 0.529. The molecule has 0 aliphatic carbocycles. The van der Waals surface area contributed by atoms with Crippen LogP contribution in [0.5, 0.6) is 0 Å². The molecule has 6 heteroatoms. The van der Waals surface area contributed by atoms with Gasteiger partial charge in [-0.15, -0.1) is 0 Å². The normalized spacial score (nSPS) is 13.9. The summed E-state index contributed by atoms with van der Waals surface area (Å²) in [6, 6.07) is 2.86. The SMILES string of the molecule is COC(=O)C(CN)(C(=O)O)c1ccncc1. The number of nitrogens with two attached hydrogens (primary N) is 1. The molecule has 0 fully saturated rings. The Labute approximate surface area is 92.0 Å². The van der Waals surface area contributed by atoms with Crippen LogP contribution < -0.4 is 5.73 Å². The number of carbonyl (C=O) groups excluding carboxylic acids is 1. The first-order valence-electron chi connectivity index (χ1n) is 4.52. The van der Waals surface area contributed by atoms with Crippen molar-refractivity contribution in [3.8, 4) is 0 Å². The number of rotatable bonds is 4. The monoisotopic (exact) mass is 224 g/mol. The Bertz CT molecular complexity index is 393. The number of hydrogen-bond acceptors (Lipinski definition) is 5. The van der Waals surface area contributed by atoms with E-state index in [0.29, 0.717) is 0 Å². The second-order valence-corrected chi connectivity index (χ2v) is 3.14. The van der Waals surface area contributed by atoms with Crippen LogP contribution in [0.4, 0.5) is 0 Å². The minimum absolute atomic E-state index is 0.254. The molecule has 1 heterocycles. The molecule has 1 aromatic rings. The van der Waals surface area contributed by atoms with Crippen molar-refractivity contribution in [2.45, 2.75) is 5.41 Å². The molecule has 1 aromatic heterocycles. The van der Waals surface area contributed by atoms with Gasteiger partial charge in [-0.3, -0.25) is 14.6 Å². The van der Waals surface area contributed by atoms with Crippen molar-refractivity contribution >= 4 is 11.9 Å². The lowest BCUT2D eigenvalue weighted by atomic mass is 9.81. The highest BCUT2D eigenvalue weighted by Crippen LogP contribution is 2.24. The van der Waals surface area contributed by atoms with Crippen LogP contribution in [0.2, 0.25) is 0 Å². The van der Waals surface area contributed by atoms with E-state index in [9.17, 15) is 14.7 Å². The van der Waals surface area contributed by atoms with Crippen LogP contribution >= 0.6 is 0 Å². The van der Waals surface area contributed by atoms with Gasteiger partial charge in [-0.1, -0.05) is 0 Å². The predicted molar refractivity (Wildman–Crippen MR) is 54.6 cm³/mol. The molecule has 0 aromatic carbocycles. The zero-order valence-electron chi connectivity index (χ0n) is 8.71. The number of pyridine rings is 1. The Morgan fingerprint density at radius 3 is 2.44 bits per heavy atom. The number of hydrogen-bond donors (Lipinski definition) is 2. The van der Waals surface area contributed by atoms with Crippen molar-refractivity contribution in [1.29, 1.82) is 0 Å². The molecule has 1 atom stereocenters. The number of carbonyl (C=O) groups is 2. The average molecular weight is 224 g/mol. The molecule has 0 radical (unpaired) electrons. The maximum absolute atomic E-state index is 11.6. The number of aromatic nitrogens is 1. The number of aliphatic carboxylic acids is 1. The summed E-state index contributed by atoms with van der Waals surface area (Å²) >= 11 is 0. The fourth-order valence-electron chi connectivity index (χ4n) is 1.43. The highest BCUT2D eigenvalue weighted by molar-refractivity contribution is 6.05.